The molecule has 0 unspecified atom stereocenters. The molecule has 0 atom stereocenters. The Morgan fingerprint density at radius 2 is 1.60 bits per heavy atom. The van der Waals surface area contributed by atoms with E-state index in [1.54, 1.807) is 6.08 Å². The fourth-order valence-electron chi connectivity index (χ4n) is 3.58. The summed E-state index contributed by atoms with van der Waals surface area (Å²) in [5.41, 5.74) is 4.26. The molecule has 2 aromatic carbocycles. The number of rotatable bonds is 4. The molecule has 3 aromatic rings. The molecule has 2 heterocycles. The standard InChI is InChI=1S/C25H26N4O/c1-19-8-10-21(11-9-19)12-13-25(30)29-16-14-28(15-17-29)24-18-23(26-20(2)27-24)22-6-4-3-5-7-22/h3-13,18H,14-17H2,1-2H3/b13-12+. The van der Waals surface area contributed by atoms with Crippen LogP contribution in [0.15, 0.2) is 66.7 Å². The summed E-state index contributed by atoms with van der Waals surface area (Å²) in [5.74, 6) is 1.73. The largest absolute Gasteiger partial charge is 0.353 e. The molecule has 5 nitrogen and oxygen atoms in total. The van der Waals surface area contributed by atoms with E-state index in [2.05, 4.69) is 46.1 Å². The quantitative estimate of drug-likeness (QED) is 0.620. The van der Waals surface area contributed by atoms with Gasteiger partial charge in [0.05, 0.1) is 5.69 Å². The van der Waals surface area contributed by atoms with E-state index in [-0.39, 0.29) is 5.91 Å². The summed E-state index contributed by atoms with van der Waals surface area (Å²) in [4.78, 5) is 25.9. The van der Waals surface area contributed by atoms with Gasteiger partial charge in [0, 0.05) is 43.9 Å². The van der Waals surface area contributed by atoms with Gasteiger partial charge in [-0.15, -0.1) is 0 Å². The van der Waals surface area contributed by atoms with Gasteiger partial charge in [-0.3, -0.25) is 4.79 Å². The van der Waals surface area contributed by atoms with Crippen LogP contribution in [0.5, 0.6) is 0 Å². The highest BCUT2D eigenvalue weighted by Crippen LogP contribution is 2.22. The zero-order chi connectivity index (χ0) is 20.9. The van der Waals surface area contributed by atoms with Gasteiger partial charge in [0.2, 0.25) is 5.91 Å². The van der Waals surface area contributed by atoms with Crippen LogP contribution in [-0.2, 0) is 4.79 Å². The van der Waals surface area contributed by atoms with E-state index < -0.39 is 0 Å². The van der Waals surface area contributed by atoms with E-state index in [1.165, 1.54) is 5.56 Å². The molecule has 152 valence electrons. The molecule has 0 N–H and O–H groups in total. The smallest absolute Gasteiger partial charge is 0.246 e. The fraction of sp³-hybridized carbons (Fsp3) is 0.240. The predicted molar refractivity (Wildman–Crippen MR) is 121 cm³/mol. The van der Waals surface area contributed by atoms with Crippen LogP contribution in [0.25, 0.3) is 17.3 Å². The van der Waals surface area contributed by atoms with Crippen LogP contribution < -0.4 is 4.90 Å². The van der Waals surface area contributed by atoms with Crippen molar-refractivity contribution >= 4 is 17.8 Å². The van der Waals surface area contributed by atoms with Gasteiger partial charge in [0.25, 0.3) is 0 Å². The highest BCUT2D eigenvalue weighted by atomic mass is 16.2. The van der Waals surface area contributed by atoms with Gasteiger partial charge in [-0.2, -0.15) is 0 Å². The maximum Gasteiger partial charge on any atom is 0.246 e. The summed E-state index contributed by atoms with van der Waals surface area (Å²) in [7, 11) is 0. The second kappa shape index (κ2) is 8.91. The minimum absolute atomic E-state index is 0.0547. The predicted octanol–water partition coefficient (Wildman–Crippen LogP) is 4.12. The molecule has 0 saturated carbocycles. The Balaban J connectivity index is 1.40. The van der Waals surface area contributed by atoms with Gasteiger partial charge in [0.15, 0.2) is 0 Å². The van der Waals surface area contributed by atoms with Crippen LogP contribution in [0.2, 0.25) is 0 Å². The van der Waals surface area contributed by atoms with Crippen molar-refractivity contribution < 1.29 is 4.79 Å². The number of aryl methyl sites for hydroxylation is 2. The van der Waals surface area contributed by atoms with Crippen molar-refractivity contribution in [1.29, 1.82) is 0 Å². The Labute approximate surface area is 177 Å². The number of hydrogen-bond acceptors (Lipinski definition) is 4. The third-order valence-corrected chi connectivity index (χ3v) is 5.31. The molecule has 0 aliphatic carbocycles. The van der Waals surface area contributed by atoms with Gasteiger partial charge in [-0.1, -0.05) is 60.2 Å². The second-order valence-corrected chi connectivity index (χ2v) is 7.58. The summed E-state index contributed by atoms with van der Waals surface area (Å²) in [6.45, 7) is 6.86. The van der Waals surface area contributed by atoms with Gasteiger partial charge in [-0.25, -0.2) is 9.97 Å². The lowest BCUT2D eigenvalue weighted by Crippen LogP contribution is -2.48. The molecular weight excluding hydrogens is 372 g/mol. The zero-order valence-electron chi connectivity index (χ0n) is 17.5. The van der Waals surface area contributed by atoms with Gasteiger partial charge in [-0.05, 0) is 25.5 Å². The molecule has 0 radical (unpaired) electrons. The normalized spacial score (nSPS) is 14.3. The van der Waals surface area contributed by atoms with E-state index in [0.29, 0.717) is 13.1 Å². The Morgan fingerprint density at radius 3 is 2.30 bits per heavy atom. The molecular formula is C25H26N4O. The number of benzene rings is 2. The molecule has 1 fully saturated rings. The average molecular weight is 399 g/mol. The van der Waals surface area contributed by atoms with Gasteiger partial charge < -0.3 is 9.80 Å². The summed E-state index contributed by atoms with van der Waals surface area (Å²) in [6, 6.07) is 20.3. The second-order valence-electron chi connectivity index (χ2n) is 7.58. The van der Waals surface area contributed by atoms with Crippen molar-refractivity contribution in [2.75, 3.05) is 31.1 Å². The van der Waals surface area contributed by atoms with Crippen LogP contribution in [-0.4, -0.2) is 47.0 Å². The Kier molecular flexibility index (Phi) is 5.89. The fourth-order valence-corrected chi connectivity index (χ4v) is 3.58. The lowest BCUT2D eigenvalue weighted by atomic mass is 10.1. The first-order valence-corrected chi connectivity index (χ1v) is 10.3. The van der Waals surface area contributed by atoms with E-state index in [1.807, 2.05) is 54.3 Å². The minimum atomic E-state index is 0.0547. The van der Waals surface area contributed by atoms with Gasteiger partial charge in [0.1, 0.15) is 11.6 Å². The van der Waals surface area contributed by atoms with Crippen molar-refractivity contribution in [3.63, 3.8) is 0 Å². The maximum absolute atomic E-state index is 12.6. The van der Waals surface area contributed by atoms with E-state index in [0.717, 1.165) is 41.6 Å². The van der Waals surface area contributed by atoms with Crippen molar-refractivity contribution in [1.82, 2.24) is 14.9 Å². The number of carbonyl (C=O) groups is 1. The summed E-state index contributed by atoms with van der Waals surface area (Å²) >= 11 is 0. The zero-order valence-corrected chi connectivity index (χ0v) is 17.5. The molecule has 1 aromatic heterocycles. The summed E-state index contributed by atoms with van der Waals surface area (Å²) in [5, 5.41) is 0. The summed E-state index contributed by atoms with van der Waals surface area (Å²) < 4.78 is 0. The molecule has 4 rings (SSSR count). The molecule has 1 aliphatic rings. The van der Waals surface area contributed by atoms with Crippen LogP contribution in [0, 0.1) is 13.8 Å². The number of amides is 1. The summed E-state index contributed by atoms with van der Waals surface area (Å²) in [6.07, 6.45) is 3.55. The molecule has 1 aliphatic heterocycles. The number of nitrogens with zero attached hydrogens (tertiary/aromatic N) is 4. The highest BCUT2D eigenvalue weighted by Gasteiger charge is 2.21. The lowest BCUT2D eigenvalue weighted by molar-refractivity contribution is -0.126. The number of piperazine rings is 1. The lowest BCUT2D eigenvalue weighted by Gasteiger charge is -2.35. The van der Waals surface area contributed by atoms with Crippen LogP contribution >= 0.6 is 0 Å². The number of anilines is 1. The van der Waals surface area contributed by atoms with Crippen molar-refractivity contribution in [3.8, 4) is 11.3 Å². The van der Waals surface area contributed by atoms with Crippen LogP contribution in [0.1, 0.15) is 17.0 Å². The van der Waals surface area contributed by atoms with Crippen LogP contribution in [0.3, 0.4) is 0 Å². The first-order chi connectivity index (χ1) is 14.6. The minimum Gasteiger partial charge on any atom is -0.353 e. The van der Waals surface area contributed by atoms with Crippen molar-refractivity contribution in [2.45, 2.75) is 13.8 Å². The Hall–Kier alpha value is -3.47. The van der Waals surface area contributed by atoms with Gasteiger partial charge >= 0.3 is 0 Å². The first kappa shape index (κ1) is 19.8. The average Bonchev–Trinajstić information content (AvgIpc) is 2.79. The number of aromatic nitrogens is 2. The third kappa shape index (κ3) is 4.74. The van der Waals surface area contributed by atoms with E-state index >= 15 is 0 Å². The topological polar surface area (TPSA) is 49.3 Å². The monoisotopic (exact) mass is 398 g/mol. The molecule has 30 heavy (non-hydrogen) atoms. The number of hydrogen-bond donors (Lipinski definition) is 0. The molecule has 0 spiro atoms. The van der Waals surface area contributed by atoms with E-state index in [9.17, 15) is 4.79 Å². The highest BCUT2D eigenvalue weighted by molar-refractivity contribution is 5.92. The van der Waals surface area contributed by atoms with Crippen molar-refractivity contribution in [2.24, 2.45) is 0 Å². The van der Waals surface area contributed by atoms with Crippen LogP contribution in [0.4, 0.5) is 5.82 Å². The molecule has 1 amide bonds. The molecule has 5 heteroatoms. The Morgan fingerprint density at radius 1 is 0.900 bits per heavy atom. The third-order valence-electron chi connectivity index (χ3n) is 5.31. The van der Waals surface area contributed by atoms with Crippen molar-refractivity contribution in [3.05, 3.63) is 83.7 Å². The Bertz CT molecular complexity index is 1040. The van der Waals surface area contributed by atoms with E-state index in [4.69, 9.17) is 0 Å². The first-order valence-electron chi connectivity index (χ1n) is 10.3. The maximum atomic E-state index is 12.6. The molecule has 1 saturated heterocycles. The molecule has 0 bridgehead atoms. The number of carbonyl (C=O) groups excluding carboxylic acids is 1. The SMILES string of the molecule is Cc1ccc(/C=C/C(=O)N2CCN(c3cc(-c4ccccc4)nc(C)n3)CC2)cc1.